The summed E-state index contributed by atoms with van der Waals surface area (Å²) in [6.07, 6.45) is 5.27. The first-order valence-corrected chi connectivity index (χ1v) is 7.79. The lowest BCUT2D eigenvalue weighted by Crippen LogP contribution is -2.43. The summed E-state index contributed by atoms with van der Waals surface area (Å²) in [6.45, 7) is 2.53. The summed E-state index contributed by atoms with van der Waals surface area (Å²) >= 11 is 0. The summed E-state index contributed by atoms with van der Waals surface area (Å²) in [5.41, 5.74) is 0.00354. The highest BCUT2D eigenvalue weighted by atomic mass is 28.4. The fraction of sp³-hybridized carbons (Fsp3) is 1.00. The number of hydrogen-bond acceptors (Lipinski definition) is 4. The molecule has 0 amide bonds. The zero-order valence-corrected chi connectivity index (χ0v) is 10.7. The van der Waals surface area contributed by atoms with Gasteiger partial charge in [0.1, 0.15) is 5.60 Å². The van der Waals surface area contributed by atoms with Crippen LogP contribution in [-0.2, 0) is 18.0 Å². The largest absolute Gasteiger partial charge is 0.497 e. The van der Waals surface area contributed by atoms with Crippen molar-refractivity contribution in [3.63, 3.8) is 0 Å². The van der Waals surface area contributed by atoms with Gasteiger partial charge in [0.2, 0.25) is 0 Å². The molecule has 0 aromatic heterocycles. The van der Waals surface area contributed by atoms with Crippen LogP contribution < -0.4 is 0 Å². The molecular weight excluding hydrogens is 212 g/mol. The van der Waals surface area contributed by atoms with Crippen LogP contribution in [0.15, 0.2) is 0 Å². The number of ether oxygens (including phenoxy) is 1. The van der Waals surface area contributed by atoms with Crippen molar-refractivity contribution in [2.45, 2.75) is 43.9 Å². The van der Waals surface area contributed by atoms with Crippen LogP contribution in [0.3, 0.4) is 0 Å². The lowest BCUT2D eigenvalue weighted by Gasteiger charge is -2.25. The number of fused-ring (bicyclic) bond motifs is 1. The second kappa shape index (κ2) is 4.14. The van der Waals surface area contributed by atoms with E-state index in [2.05, 4.69) is 0 Å². The molecule has 1 heterocycles. The van der Waals surface area contributed by atoms with E-state index >= 15 is 0 Å². The third-order valence-electron chi connectivity index (χ3n) is 3.54. The smallest absolute Gasteiger partial charge is 0.377 e. The molecule has 5 heteroatoms. The summed E-state index contributed by atoms with van der Waals surface area (Å²) < 4.78 is 22.1. The molecule has 15 heavy (non-hydrogen) atoms. The van der Waals surface area contributed by atoms with E-state index in [9.17, 15) is 0 Å². The van der Waals surface area contributed by atoms with Crippen LogP contribution in [0.1, 0.15) is 25.7 Å². The Morgan fingerprint density at radius 3 is 2.67 bits per heavy atom. The van der Waals surface area contributed by atoms with Gasteiger partial charge >= 0.3 is 8.80 Å². The van der Waals surface area contributed by atoms with Gasteiger partial charge in [0, 0.05) is 20.8 Å². The lowest BCUT2D eigenvalue weighted by molar-refractivity contribution is 0.0731. The maximum Gasteiger partial charge on any atom is 0.497 e. The van der Waals surface area contributed by atoms with Gasteiger partial charge in [0.25, 0.3) is 0 Å². The topological polar surface area (TPSA) is 40.2 Å². The average Bonchev–Trinajstić information content (AvgIpc) is 3.01. The molecule has 2 aliphatic rings. The standard InChI is InChI=1S/C10H20O4Si/c1-11-15(3,12-2)13-8-10-7-5-4-6-9(10)14-10/h9H,4-8H2,1-3H3. The van der Waals surface area contributed by atoms with Crippen molar-refractivity contribution in [3.8, 4) is 0 Å². The lowest BCUT2D eigenvalue weighted by atomic mass is 9.90. The third kappa shape index (κ3) is 2.26. The molecule has 1 saturated carbocycles. The van der Waals surface area contributed by atoms with E-state index in [1.54, 1.807) is 14.2 Å². The molecule has 0 spiro atoms. The van der Waals surface area contributed by atoms with E-state index in [-0.39, 0.29) is 5.60 Å². The van der Waals surface area contributed by atoms with Gasteiger partial charge in [-0.3, -0.25) is 0 Å². The first-order valence-electron chi connectivity index (χ1n) is 5.56. The van der Waals surface area contributed by atoms with Gasteiger partial charge in [-0.15, -0.1) is 0 Å². The highest BCUT2D eigenvalue weighted by Gasteiger charge is 2.58. The quantitative estimate of drug-likeness (QED) is 0.533. The molecule has 2 rings (SSSR count). The highest BCUT2D eigenvalue weighted by molar-refractivity contribution is 6.59. The molecule has 0 radical (unpaired) electrons. The summed E-state index contributed by atoms with van der Waals surface area (Å²) in [6, 6.07) is 0. The van der Waals surface area contributed by atoms with E-state index < -0.39 is 8.80 Å². The number of rotatable bonds is 5. The zero-order chi connectivity index (χ0) is 10.9. The monoisotopic (exact) mass is 232 g/mol. The SMILES string of the molecule is CO[Si](C)(OC)OCC12CCCCC1O2. The van der Waals surface area contributed by atoms with Crippen molar-refractivity contribution >= 4 is 8.80 Å². The molecular formula is C10H20O4Si. The Morgan fingerprint density at radius 1 is 1.33 bits per heavy atom. The first kappa shape index (κ1) is 11.5. The maximum absolute atomic E-state index is 5.78. The van der Waals surface area contributed by atoms with Gasteiger partial charge in [0.05, 0.1) is 12.7 Å². The second-order valence-corrected chi connectivity index (χ2v) is 7.31. The van der Waals surface area contributed by atoms with E-state index in [1.165, 1.54) is 19.3 Å². The van der Waals surface area contributed by atoms with Gasteiger partial charge in [-0.2, -0.15) is 0 Å². The van der Waals surface area contributed by atoms with Crippen molar-refractivity contribution in [3.05, 3.63) is 0 Å². The number of epoxide rings is 1. The predicted molar refractivity (Wildman–Crippen MR) is 57.7 cm³/mol. The molecule has 1 saturated heterocycles. The highest BCUT2D eigenvalue weighted by Crippen LogP contribution is 2.48. The van der Waals surface area contributed by atoms with E-state index in [1.807, 2.05) is 6.55 Å². The molecule has 0 aromatic carbocycles. The predicted octanol–water partition coefficient (Wildman–Crippen LogP) is 1.58. The first-order chi connectivity index (χ1) is 7.14. The molecule has 0 N–H and O–H groups in total. The minimum absolute atomic E-state index is 0.00354. The van der Waals surface area contributed by atoms with Gasteiger partial charge < -0.3 is 18.0 Å². The Labute approximate surface area is 92.2 Å². The molecule has 0 bridgehead atoms. The molecule has 88 valence electrons. The Bertz CT molecular complexity index is 231. The minimum atomic E-state index is -2.38. The summed E-state index contributed by atoms with van der Waals surface area (Å²) in [5.74, 6) is 0. The molecule has 2 unspecified atom stereocenters. The Balaban J connectivity index is 1.83. The maximum atomic E-state index is 5.78. The van der Waals surface area contributed by atoms with Crippen LogP contribution >= 0.6 is 0 Å². The molecule has 2 atom stereocenters. The number of hydrogen-bond donors (Lipinski definition) is 0. The van der Waals surface area contributed by atoms with Crippen LogP contribution in [0, 0.1) is 0 Å². The van der Waals surface area contributed by atoms with E-state index in [0.717, 1.165) is 6.42 Å². The van der Waals surface area contributed by atoms with Crippen molar-refractivity contribution in [2.75, 3.05) is 20.8 Å². The molecule has 4 nitrogen and oxygen atoms in total. The molecule has 2 fully saturated rings. The van der Waals surface area contributed by atoms with E-state index in [0.29, 0.717) is 12.7 Å². The Hall–Kier alpha value is 0.0569. The fourth-order valence-electron chi connectivity index (χ4n) is 2.20. The molecule has 1 aliphatic carbocycles. The van der Waals surface area contributed by atoms with Crippen molar-refractivity contribution < 1.29 is 18.0 Å². The van der Waals surface area contributed by atoms with Gasteiger partial charge in [-0.05, 0) is 12.8 Å². The fourth-order valence-corrected chi connectivity index (χ4v) is 3.11. The summed E-state index contributed by atoms with van der Waals surface area (Å²) in [4.78, 5) is 0. The Morgan fingerprint density at radius 2 is 2.07 bits per heavy atom. The van der Waals surface area contributed by atoms with Crippen LogP contribution in [0.2, 0.25) is 6.55 Å². The summed E-state index contributed by atoms with van der Waals surface area (Å²) in [7, 11) is 0.895. The second-order valence-electron chi connectivity index (χ2n) is 4.48. The van der Waals surface area contributed by atoms with Crippen LogP contribution in [0.4, 0.5) is 0 Å². The summed E-state index contributed by atoms with van der Waals surface area (Å²) in [5, 5.41) is 0. The van der Waals surface area contributed by atoms with Gasteiger partial charge in [-0.1, -0.05) is 12.8 Å². The average molecular weight is 232 g/mol. The molecule has 1 aliphatic heterocycles. The Kier molecular flexibility index (Phi) is 3.19. The van der Waals surface area contributed by atoms with E-state index in [4.69, 9.17) is 18.0 Å². The van der Waals surface area contributed by atoms with Crippen LogP contribution in [0.25, 0.3) is 0 Å². The van der Waals surface area contributed by atoms with Crippen molar-refractivity contribution in [1.82, 2.24) is 0 Å². The van der Waals surface area contributed by atoms with Gasteiger partial charge in [-0.25, -0.2) is 0 Å². The van der Waals surface area contributed by atoms with Crippen molar-refractivity contribution in [2.24, 2.45) is 0 Å². The normalized spacial score (nSPS) is 35.0. The van der Waals surface area contributed by atoms with Gasteiger partial charge in [0.15, 0.2) is 0 Å². The third-order valence-corrected chi connectivity index (χ3v) is 5.69. The van der Waals surface area contributed by atoms with Crippen molar-refractivity contribution in [1.29, 1.82) is 0 Å². The zero-order valence-electron chi connectivity index (χ0n) is 9.75. The van der Waals surface area contributed by atoms with Crippen LogP contribution in [0.5, 0.6) is 0 Å². The molecule has 0 aromatic rings. The minimum Gasteiger partial charge on any atom is -0.377 e. The van der Waals surface area contributed by atoms with Crippen LogP contribution in [-0.4, -0.2) is 41.3 Å².